The third-order valence-corrected chi connectivity index (χ3v) is 2.85. The van der Waals surface area contributed by atoms with Crippen LogP contribution in [0.25, 0.3) is 0 Å². The fourth-order valence-electron chi connectivity index (χ4n) is 1.35. The lowest BCUT2D eigenvalue weighted by Gasteiger charge is -2.08. The van der Waals surface area contributed by atoms with Crippen molar-refractivity contribution in [3.05, 3.63) is 52.8 Å². The number of hydrogen-bond acceptors (Lipinski definition) is 3. The van der Waals surface area contributed by atoms with Gasteiger partial charge in [-0.15, -0.1) is 0 Å². The van der Waals surface area contributed by atoms with Crippen molar-refractivity contribution in [2.24, 2.45) is 5.73 Å². The lowest BCUT2D eigenvalue weighted by Crippen LogP contribution is -2.10. The van der Waals surface area contributed by atoms with Crippen LogP contribution in [0.2, 0.25) is 0 Å². The van der Waals surface area contributed by atoms with Gasteiger partial charge >= 0.3 is 0 Å². The van der Waals surface area contributed by atoms with Gasteiger partial charge in [-0.1, -0.05) is 0 Å². The highest BCUT2D eigenvalue weighted by atomic mass is 79.9. The molecule has 17 heavy (non-hydrogen) atoms. The molecule has 1 aromatic heterocycles. The van der Waals surface area contributed by atoms with Crippen LogP contribution in [0.4, 0.5) is 11.4 Å². The van der Waals surface area contributed by atoms with Crippen LogP contribution in [-0.4, -0.2) is 10.9 Å². The highest BCUT2D eigenvalue weighted by Crippen LogP contribution is 2.24. The number of carbonyl (C=O) groups is 1. The Labute approximate surface area is 107 Å². The minimum Gasteiger partial charge on any atom is -0.366 e. The van der Waals surface area contributed by atoms with E-state index in [0.717, 1.165) is 15.8 Å². The van der Waals surface area contributed by atoms with E-state index in [9.17, 15) is 4.79 Å². The Morgan fingerprint density at radius 2 is 1.94 bits per heavy atom. The van der Waals surface area contributed by atoms with E-state index < -0.39 is 5.91 Å². The predicted octanol–water partition coefficient (Wildman–Crippen LogP) is 2.69. The number of aromatic nitrogens is 1. The third kappa shape index (κ3) is 2.82. The Hall–Kier alpha value is -1.88. The van der Waals surface area contributed by atoms with E-state index in [1.54, 1.807) is 36.7 Å². The first-order valence-electron chi connectivity index (χ1n) is 4.93. The average molecular weight is 292 g/mol. The second-order valence-corrected chi connectivity index (χ2v) is 4.28. The number of rotatable bonds is 3. The van der Waals surface area contributed by atoms with Gasteiger partial charge in [-0.25, -0.2) is 0 Å². The highest BCUT2D eigenvalue weighted by Gasteiger charge is 2.02. The quantitative estimate of drug-likeness (QED) is 0.914. The number of carbonyl (C=O) groups excluding carboxylic acids is 1. The highest BCUT2D eigenvalue weighted by molar-refractivity contribution is 9.10. The van der Waals surface area contributed by atoms with Crippen LogP contribution in [0, 0.1) is 0 Å². The molecule has 0 fully saturated rings. The molecule has 0 aliphatic rings. The number of pyridine rings is 1. The Kier molecular flexibility index (Phi) is 3.39. The van der Waals surface area contributed by atoms with Crippen molar-refractivity contribution in [3.8, 4) is 0 Å². The number of halogens is 1. The van der Waals surface area contributed by atoms with E-state index >= 15 is 0 Å². The van der Waals surface area contributed by atoms with Crippen LogP contribution >= 0.6 is 15.9 Å². The van der Waals surface area contributed by atoms with Gasteiger partial charge in [0.1, 0.15) is 0 Å². The summed E-state index contributed by atoms with van der Waals surface area (Å²) >= 11 is 3.39. The van der Waals surface area contributed by atoms with Crippen molar-refractivity contribution in [3.63, 3.8) is 0 Å². The summed E-state index contributed by atoms with van der Waals surface area (Å²) < 4.78 is 0.874. The molecular formula is C12H10BrN3O. The summed E-state index contributed by atoms with van der Waals surface area (Å²) in [4.78, 5) is 14.9. The molecule has 2 rings (SSSR count). The molecule has 1 aromatic carbocycles. The minimum atomic E-state index is -0.429. The van der Waals surface area contributed by atoms with Crippen LogP contribution in [0.1, 0.15) is 10.4 Å². The van der Waals surface area contributed by atoms with E-state index in [0.29, 0.717) is 5.56 Å². The Morgan fingerprint density at radius 1 is 1.24 bits per heavy atom. The fraction of sp³-hybridized carbons (Fsp3) is 0. The number of primary amides is 1. The molecule has 3 N–H and O–H groups in total. The zero-order chi connectivity index (χ0) is 12.3. The second-order valence-electron chi connectivity index (χ2n) is 3.42. The van der Waals surface area contributed by atoms with Crippen LogP contribution in [-0.2, 0) is 0 Å². The number of nitrogens with zero attached hydrogens (tertiary/aromatic N) is 1. The van der Waals surface area contributed by atoms with Crippen molar-refractivity contribution in [1.82, 2.24) is 4.98 Å². The molecule has 5 heteroatoms. The first kappa shape index (κ1) is 11.6. The SMILES string of the molecule is NC(=O)c1ccc(Nc2ccncc2Br)cc1. The van der Waals surface area contributed by atoms with Crippen molar-refractivity contribution < 1.29 is 4.79 Å². The maximum absolute atomic E-state index is 10.9. The average Bonchev–Trinajstić information content (AvgIpc) is 2.33. The van der Waals surface area contributed by atoms with Gasteiger partial charge in [-0.3, -0.25) is 9.78 Å². The number of nitrogens with one attached hydrogen (secondary N) is 1. The van der Waals surface area contributed by atoms with Gasteiger partial charge in [0.2, 0.25) is 5.91 Å². The molecule has 1 heterocycles. The lowest BCUT2D eigenvalue weighted by molar-refractivity contribution is 0.100. The van der Waals surface area contributed by atoms with E-state index in [1.807, 2.05) is 6.07 Å². The number of benzene rings is 1. The van der Waals surface area contributed by atoms with E-state index in [2.05, 4.69) is 26.2 Å². The summed E-state index contributed by atoms with van der Waals surface area (Å²) in [5, 5.41) is 3.20. The van der Waals surface area contributed by atoms with Gasteiger partial charge in [0.05, 0.1) is 10.2 Å². The second kappa shape index (κ2) is 4.97. The zero-order valence-corrected chi connectivity index (χ0v) is 10.4. The van der Waals surface area contributed by atoms with Gasteiger partial charge in [0.25, 0.3) is 0 Å². The fourth-order valence-corrected chi connectivity index (χ4v) is 1.70. The van der Waals surface area contributed by atoms with Gasteiger partial charge in [0.15, 0.2) is 0 Å². The molecule has 86 valence electrons. The standard InChI is InChI=1S/C12H10BrN3O/c13-10-7-15-6-5-11(10)16-9-3-1-8(2-4-9)12(14)17/h1-7H,(H2,14,17)(H,15,16). The maximum atomic E-state index is 10.9. The molecule has 2 aromatic rings. The van der Waals surface area contributed by atoms with E-state index in [1.165, 1.54) is 0 Å². The van der Waals surface area contributed by atoms with Crippen molar-refractivity contribution in [2.75, 3.05) is 5.32 Å². The molecule has 0 unspecified atom stereocenters. The van der Waals surface area contributed by atoms with Crippen molar-refractivity contribution >= 4 is 33.2 Å². The summed E-state index contributed by atoms with van der Waals surface area (Å²) in [5.41, 5.74) is 7.44. The topological polar surface area (TPSA) is 68.0 Å². The zero-order valence-electron chi connectivity index (χ0n) is 8.85. The molecule has 1 amide bonds. The van der Waals surface area contributed by atoms with Gasteiger partial charge < -0.3 is 11.1 Å². The van der Waals surface area contributed by atoms with Gasteiger partial charge in [-0.05, 0) is 46.3 Å². The van der Waals surface area contributed by atoms with Crippen molar-refractivity contribution in [2.45, 2.75) is 0 Å². The normalized spacial score (nSPS) is 9.94. The molecule has 0 bridgehead atoms. The predicted molar refractivity (Wildman–Crippen MR) is 70.2 cm³/mol. The third-order valence-electron chi connectivity index (χ3n) is 2.22. The molecule has 0 atom stereocenters. The number of nitrogens with two attached hydrogens (primary N) is 1. The molecule has 4 nitrogen and oxygen atoms in total. The van der Waals surface area contributed by atoms with Crippen LogP contribution in [0.15, 0.2) is 47.2 Å². The smallest absolute Gasteiger partial charge is 0.248 e. The Bertz CT molecular complexity index is 540. The molecular weight excluding hydrogens is 282 g/mol. The van der Waals surface area contributed by atoms with Crippen LogP contribution in [0.3, 0.4) is 0 Å². The molecule has 0 aliphatic carbocycles. The van der Waals surface area contributed by atoms with Crippen molar-refractivity contribution in [1.29, 1.82) is 0 Å². The summed E-state index contributed by atoms with van der Waals surface area (Å²) in [6.07, 6.45) is 3.41. The molecule has 0 spiro atoms. The molecule has 0 saturated heterocycles. The van der Waals surface area contributed by atoms with Crippen LogP contribution in [0.5, 0.6) is 0 Å². The van der Waals surface area contributed by atoms with E-state index in [-0.39, 0.29) is 0 Å². The first-order chi connectivity index (χ1) is 8.16. The molecule has 0 radical (unpaired) electrons. The van der Waals surface area contributed by atoms with Gasteiger partial charge in [0, 0.05) is 23.6 Å². The number of anilines is 2. The lowest BCUT2D eigenvalue weighted by atomic mass is 10.2. The summed E-state index contributed by atoms with van der Waals surface area (Å²) in [5.74, 6) is -0.429. The number of hydrogen-bond donors (Lipinski definition) is 2. The van der Waals surface area contributed by atoms with Gasteiger partial charge in [-0.2, -0.15) is 0 Å². The maximum Gasteiger partial charge on any atom is 0.248 e. The summed E-state index contributed by atoms with van der Waals surface area (Å²) in [6.45, 7) is 0. The minimum absolute atomic E-state index is 0.429. The molecule has 0 saturated carbocycles. The Balaban J connectivity index is 2.20. The van der Waals surface area contributed by atoms with Crippen LogP contribution < -0.4 is 11.1 Å². The first-order valence-corrected chi connectivity index (χ1v) is 5.72. The van der Waals surface area contributed by atoms with E-state index in [4.69, 9.17) is 5.73 Å². The molecule has 0 aliphatic heterocycles. The largest absolute Gasteiger partial charge is 0.366 e. The summed E-state index contributed by atoms with van der Waals surface area (Å²) in [6, 6.07) is 8.81. The summed E-state index contributed by atoms with van der Waals surface area (Å²) in [7, 11) is 0. The Morgan fingerprint density at radius 3 is 2.53 bits per heavy atom. The number of amides is 1. The monoisotopic (exact) mass is 291 g/mol.